The number of carboxylic acids is 1. The third-order valence-corrected chi connectivity index (χ3v) is 2.35. The average molecular weight is 314 g/mol. The maximum Gasteiger partial charge on any atom is 0.331 e. The molecule has 0 aliphatic rings. The van der Waals surface area contributed by atoms with Crippen molar-refractivity contribution >= 4 is 17.9 Å². The first-order valence-electron chi connectivity index (χ1n) is 7.29. The molecular weight excluding hydrogens is 288 g/mol. The van der Waals surface area contributed by atoms with Crippen molar-refractivity contribution in [2.75, 3.05) is 13.2 Å². The highest BCUT2D eigenvalue weighted by molar-refractivity contribution is 5.87. The number of aliphatic carboxylic acids is 1. The summed E-state index contributed by atoms with van der Waals surface area (Å²) < 4.78 is 9.13. The minimum atomic E-state index is -0.951. The van der Waals surface area contributed by atoms with Crippen molar-refractivity contribution in [3.05, 3.63) is 24.3 Å². The summed E-state index contributed by atoms with van der Waals surface area (Å²) in [6.45, 7) is 9.41. The lowest BCUT2D eigenvalue weighted by Crippen LogP contribution is -2.05. The van der Waals surface area contributed by atoms with Crippen LogP contribution in [0.5, 0.6) is 0 Å². The number of esters is 2. The Morgan fingerprint density at radius 1 is 1.09 bits per heavy atom. The van der Waals surface area contributed by atoms with Gasteiger partial charge in [0.15, 0.2) is 0 Å². The monoisotopic (exact) mass is 314 g/mol. The highest BCUT2D eigenvalue weighted by Crippen LogP contribution is 2.08. The molecule has 0 fully saturated rings. The number of carboxylic acid groups (broad SMARTS) is 1. The van der Waals surface area contributed by atoms with Gasteiger partial charge in [0.2, 0.25) is 0 Å². The van der Waals surface area contributed by atoms with Crippen LogP contribution in [0.15, 0.2) is 24.3 Å². The Morgan fingerprint density at radius 2 is 1.68 bits per heavy atom. The Labute approximate surface area is 131 Å². The van der Waals surface area contributed by atoms with Crippen LogP contribution >= 0.6 is 0 Å². The molecule has 0 amide bonds. The largest absolute Gasteiger partial charge is 0.478 e. The Kier molecular flexibility index (Phi) is 15.4. The summed E-state index contributed by atoms with van der Waals surface area (Å²) in [6.07, 6.45) is 4.88. The second-order valence-corrected chi connectivity index (χ2v) is 4.10. The molecule has 0 bridgehead atoms. The van der Waals surface area contributed by atoms with E-state index in [1.54, 1.807) is 13.8 Å². The van der Waals surface area contributed by atoms with Crippen molar-refractivity contribution < 1.29 is 29.0 Å². The van der Waals surface area contributed by atoms with Gasteiger partial charge in [0.25, 0.3) is 0 Å². The summed E-state index contributed by atoms with van der Waals surface area (Å²) >= 11 is 0. The second kappa shape index (κ2) is 15.3. The Balaban J connectivity index is 0. The normalized spacial score (nSPS) is 10.0. The number of carbonyl (C=O) groups is 3. The summed E-state index contributed by atoms with van der Waals surface area (Å²) in [5.41, 5.74) is 0.296. The number of hydrogen-bond donors (Lipinski definition) is 1. The van der Waals surface area contributed by atoms with E-state index in [1.807, 2.05) is 6.92 Å². The summed E-state index contributed by atoms with van der Waals surface area (Å²) in [5.74, 6) is -1.69. The lowest BCUT2D eigenvalue weighted by molar-refractivity contribution is -0.142. The summed E-state index contributed by atoms with van der Waals surface area (Å²) in [6, 6.07) is 0. The van der Waals surface area contributed by atoms with E-state index in [-0.39, 0.29) is 18.4 Å². The third kappa shape index (κ3) is 14.3. The summed E-state index contributed by atoms with van der Waals surface area (Å²) in [4.78, 5) is 31.8. The predicted molar refractivity (Wildman–Crippen MR) is 83.3 cm³/mol. The average Bonchev–Trinajstić information content (AvgIpc) is 2.48. The first-order chi connectivity index (χ1) is 10.4. The molecule has 0 spiro atoms. The molecule has 0 aromatic carbocycles. The van der Waals surface area contributed by atoms with Crippen molar-refractivity contribution in [2.45, 2.75) is 46.5 Å². The Morgan fingerprint density at radius 3 is 2.05 bits per heavy atom. The van der Waals surface area contributed by atoms with Gasteiger partial charge in [0.05, 0.1) is 19.6 Å². The van der Waals surface area contributed by atoms with Crippen LogP contribution < -0.4 is 0 Å². The first kappa shape index (κ1) is 22.2. The van der Waals surface area contributed by atoms with Gasteiger partial charge in [-0.15, -0.1) is 0 Å². The number of ether oxygens (including phenoxy) is 2. The Hall–Kier alpha value is -2.11. The Bertz CT molecular complexity index is 384. The lowest BCUT2D eigenvalue weighted by Gasteiger charge is -2.01. The molecule has 0 heterocycles. The van der Waals surface area contributed by atoms with Gasteiger partial charge in [-0.1, -0.05) is 26.0 Å². The van der Waals surface area contributed by atoms with Gasteiger partial charge in [0.1, 0.15) is 0 Å². The zero-order valence-corrected chi connectivity index (χ0v) is 13.6. The van der Waals surface area contributed by atoms with Crippen LogP contribution in [0.3, 0.4) is 0 Å². The third-order valence-electron chi connectivity index (χ3n) is 2.35. The molecule has 0 saturated carbocycles. The maximum absolute atomic E-state index is 11.0. The smallest absolute Gasteiger partial charge is 0.331 e. The van der Waals surface area contributed by atoms with E-state index < -0.39 is 5.97 Å². The zero-order valence-electron chi connectivity index (χ0n) is 13.6. The number of rotatable bonds is 9. The van der Waals surface area contributed by atoms with E-state index >= 15 is 0 Å². The van der Waals surface area contributed by atoms with E-state index in [2.05, 4.69) is 11.3 Å². The van der Waals surface area contributed by atoms with Crippen LogP contribution in [0, 0.1) is 0 Å². The molecule has 6 nitrogen and oxygen atoms in total. The van der Waals surface area contributed by atoms with Crippen LogP contribution in [0.1, 0.15) is 46.5 Å². The van der Waals surface area contributed by atoms with Crippen LogP contribution in [0.4, 0.5) is 0 Å². The molecule has 0 unspecified atom stereocenters. The van der Waals surface area contributed by atoms with Crippen LogP contribution in [0.2, 0.25) is 0 Å². The number of hydrogen-bond acceptors (Lipinski definition) is 5. The minimum absolute atomic E-state index is 0.0409. The zero-order chi connectivity index (χ0) is 17.4. The molecule has 0 aliphatic carbocycles. The molecular formula is C16H26O6. The van der Waals surface area contributed by atoms with E-state index in [0.717, 1.165) is 18.9 Å². The molecule has 1 N–H and O–H groups in total. The summed E-state index contributed by atoms with van der Waals surface area (Å²) in [7, 11) is 0. The molecule has 0 saturated heterocycles. The van der Waals surface area contributed by atoms with Crippen LogP contribution in [-0.4, -0.2) is 36.2 Å². The van der Waals surface area contributed by atoms with E-state index in [9.17, 15) is 14.4 Å². The van der Waals surface area contributed by atoms with Gasteiger partial charge in [-0.25, -0.2) is 9.59 Å². The van der Waals surface area contributed by atoms with E-state index in [1.165, 1.54) is 6.08 Å². The molecule has 0 aromatic heterocycles. The van der Waals surface area contributed by atoms with Crippen LogP contribution in [-0.2, 0) is 23.9 Å². The molecule has 6 heteroatoms. The van der Waals surface area contributed by atoms with E-state index in [4.69, 9.17) is 9.84 Å². The molecule has 0 aliphatic heterocycles. The molecule has 0 radical (unpaired) electrons. The highest BCUT2D eigenvalue weighted by atomic mass is 16.5. The predicted octanol–water partition coefficient (Wildman–Crippen LogP) is 2.88. The SMILES string of the molecule is C=CC(=O)OCC.CCCCC(=CCC(=O)OCC)C(=O)O. The van der Waals surface area contributed by atoms with Crippen molar-refractivity contribution in [1.29, 1.82) is 0 Å². The fourth-order valence-electron chi connectivity index (χ4n) is 1.29. The van der Waals surface area contributed by atoms with Gasteiger partial charge >= 0.3 is 17.9 Å². The van der Waals surface area contributed by atoms with E-state index in [0.29, 0.717) is 25.2 Å². The quantitative estimate of drug-likeness (QED) is 0.520. The van der Waals surface area contributed by atoms with Gasteiger partial charge in [-0.05, 0) is 26.7 Å². The topological polar surface area (TPSA) is 89.9 Å². The molecule has 0 atom stereocenters. The lowest BCUT2D eigenvalue weighted by atomic mass is 10.1. The highest BCUT2D eigenvalue weighted by Gasteiger charge is 2.07. The second-order valence-electron chi connectivity index (χ2n) is 4.10. The standard InChI is InChI=1S/C11H18O4.C5H8O2/c1-3-5-6-9(11(13)14)7-8-10(12)15-4-2;1-3-5(6)7-4-2/h7H,3-6,8H2,1-2H3,(H,13,14);3H,1,4H2,2H3. The fraction of sp³-hybridized carbons (Fsp3) is 0.562. The fourth-order valence-corrected chi connectivity index (χ4v) is 1.29. The van der Waals surface area contributed by atoms with Crippen molar-refractivity contribution in [3.63, 3.8) is 0 Å². The van der Waals surface area contributed by atoms with Gasteiger partial charge in [-0.2, -0.15) is 0 Å². The minimum Gasteiger partial charge on any atom is -0.478 e. The van der Waals surface area contributed by atoms with Gasteiger partial charge < -0.3 is 14.6 Å². The van der Waals surface area contributed by atoms with Crippen molar-refractivity contribution in [3.8, 4) is 0 Å². The number of carbonyl (C=O) groups excluding carboxylic acids is 2. The van der Waals surface area contributed by atoms with Gasteiger partial charge in [0, 0.05) is 11.6 Å². The molecule has 126 valence electrons. The van der Waals surface area contributed by atoms with Crippen molar-refractivity contribution in [2.24, 2.45) is 0 Å². The number of unbranched alkanes of at least 4 members (excludes halogenated alkanes) is 1. The maximum atomic E-state index is 11.0. The van der Waals surface area contributed by atoms with Gasteiger partial charge in [-0.3, -0.25) is 4.79 Å². The summed E-state index contributed by atoms with van der Waals surface area (Å²) in [5, 5.41) is 8.82. The molecule has 0 rings (SSSR count). The first-order valence-corrected chi connectivity index (χ1v) is 7.29. The molecule has 0 aromatic rings. The van der Waals surface area contributed by atoms with Crippen LogP contribution in [0.25, 0.3) is 0 Å². The van der Waals surface area contributed by atoms with Crippen molar-refractivity contribution in [1.82, 2.24) is 0 Å². The molecule has 22 heavy (non-hydrogen) atoms.